The molecule has 0 spiro atoms. The molecule has 26 heavy (non-hydrogen) atoms. The number of amides is 3. The molecule has 144 valence electrons. The number of likely N-dealkylation sites (N-methyl/N-ethyl adjacent to an activating group) is 1. The molecule has 0 saturated carbocycles. The van der Waals surface area contributed by atoms with Crippen molar-refractivity contribution in [3.63, 3.8) is 0 Å². The molecule has 0 saturated heterocycles. The maximum atomic E-state index is 12.6. The van der Waals surface area contributed by atoms with E-state index in [4.69, 9.17) is 0 Å². The van der Waals surface area contributed by atoms with Gasteiger partial charge < -0.3 is 20.3 Å². The number of urea groups is 1. The van der Waals surface area contributed by atoms with Crippen molar-refractivity contribution in [3.8, 4) is 0 Å². The molecule has 0 aromatic heterocycles. The Labute approximate surface area is 155 Å². The highest BCUT2D eigenvalue weighted by molar-refractivity contribution is 5.88. The fraction of sp³-hybridized carbons (Fsp3) is 0.526. The van der Waals surface area contributed by atoms with E-state index in [1.54, 1.807) is 0 Å². The summed E-state index contributed by atoms with van der Waals surface area (Å²) in [7, 11) is 2.81. The van der Waals surface area contributed by atoms with E-state index < -0.39 is 18.0 Å². The number of rotatable bonds is 9. The largest absolute Gasteiger partial charge is 0.468 e. The topological polar surface area (TPSA) is 87.7 Å². The van der Waals surface area contributed by atoms with Crippen molar-refractivity contribution >= 4 is 17.9 Å². The van der Waals surface area contributed by atoms with Gasteiger partial charge in [-0.1, -0.05) is 44.2 Å². The molecule has 7 heteroatoms. The molecule has 0 heterocycles. The van der Waals surface area contributed by atoms with Crippen molar-refractivity contribution in [1.29, 1.82) is 0 Å². The summed E-state index contributed by atoms with van der Waals surface area (Å²) in [4.78, 5) is 37.7. The van der Waals surface area contributed by atoms with Crippen LogP contribution < -0.4 is 10.6 Å². The molecule has 0 radical (unpaired) electrons. The lowest BCUT2D eigenvalue weighted by Gasteiger charge is -2.26. The highest BCUT2D eigenvalue weighted by Gasteiger charge is 2.24. The van der Waals surface area contributed by atoms with Crippen LogP contribution in [0.3, 0.4) is 0 Å². The number of hydrogen-bond acceptors (Lipinski definition) is 4. The summed E-state index contributed by atoms with van der Waals surface area (Å²) in [5.74, 6) is -0.591. The minimum Gasteiger partial charge on any atom is -0.468 e. The van der Waals surface area contributed by atoms with Crippen molar-refractivity contribution in [3.05, 3.63) is 35.9 Å². The Bertz CT molecular complexity index is 590. The molecule has 0 aliphatic heterocycles. The van der Waals surface area contributed by atoms with E-state index in [2.05, 4.69) is 15.4 Å². The van der Waals surface area contributed by atoms with E-state index >= 15 is 0 Å². The Morgan fingerprint density at radius 1 is 1.15 bits per heavy atom. The Balaban J connectivity index is 2.77. The van der Waals surface area contributed by atoms with Crippen LogP contribution >= 0.6 is 0 Å². The monoisotopic (exact) mass is 363 g/mol. The van der Waals surface area contributed by atoms with Gasteiger partial charge in [0.1, 0.15) is 12.6 Å². The number of methoxy groups -OCH3 is 1. The predicted molar refractivity (Wildman–Crippen MR) is 99.6 cm³/mol. The molecule has 7 nitrogen and oxygen atoms in total. The van der Waals surface area contributed by atoms with Crippen LogP contribution in [0.1, 0.15) is 25.8 Å². The lowest BCUT2D eigenvalue weighted by molar-refractivity contribution is -0.141. The molecule has 3 amide bonds. The van der Waals surface area contributed by atoms with Gasteiger partial charge in [-0.05, 0) is 24.3 Å². The first-order valence-corrected chi connectivity index (χ1v) is 8.75. The van der Waals surface area contributed by atoms with Crippen LogP contribution in [0.5, 0.6) is 0 Å². The zero-order valence-corrected chi connectivity index (χ0v) is 16.0. The molecule has 2 N–H and O–H groups in total. The van der Waals surface area contributed by atoms with Crippen LogP contribution in [0.4, 0.5) is 4.79 Å². The lowest BCUT2D eigenvalue weighted by Crippen LogP contribution is -2.52. The lowest BCUT2D eigenvalue weighted by atomic mass is 10.0. The molecule has 1 aromatic rings. The molecule has 1 unspecified atom stereocenters. The van der Waals surface area contributed by atoms with E-state index in [-0.39, 0.29) is 18.4 Å². The van der Waals surface area contributed by atoms with Crippen molar-refractivity contribution < 1.29 is 19.1 Å². The summed E-state index contributed by atoms with van der Waals surface area (Å²) in [5, 5.41) is 5.31. The number of ether oxygens (including phenoxy) is 1. The highest BCUT2D eigenvalue weighted by atomic mass is 16.5. The minimum atomic E-state index is -0.681. The van der Waals surface area contributed by atoms with Gasteiger partial charge in [0.05, 0.1) is 7.11 Å². The molecule has 0 aliphatic rings. The molecular formula is C19H29N3O4. The minimum absolute atomic E-state index is 0.153. The molecular weight excluding hydrogens is 334 g/mol. The van der Waals surface area contributed by atoms with E-state index in [1.165, 1.54) is 19.1 Å². The summed E-state index contributed by atoms with van der Waals surface area (Å²) < 4.78 is 4.65. The quantitative estimate of drug-likeness (QED) is 0.652. The van der Waals surface area contributed by atoms with Crippen molar-refractivity contribution in [1.82, 2.24) is 15.5 Å². The first kappa shape index (κ1) is 21.5. The summed E-state index contributed by atoms with van der Waals surface area (Å²) >= 11 is 0. The van der Waals surface area contributed by atoms with Gasteiger partial charge in [0.25, 0.3) is 0 Å². The number of nitrogens with zero attached hydrogens (tertiary/aromatic N) is 1. The van der Waals surface area contributed by atoms with Crippen LogP contribution in [-0.2, 0) is 20.7 Å². The molecule has 1 atom stereocenters. The first-order chi connectivity index (χ1) is 12.4. The number of nitrogens with one attached hydrogen (secondary N) is 2. The number of hydrogen-bond donors (Lipinski definition) is 2. The molecule has 1 rings (SSSR count). The van der Waals surface area contributed by atoms with Gasteiger partial charge in [0.15, 0.2) is 0 Å². The van der Waals surface area contributed by atoms with Gasteiger partial charge in [-0.15, -0.1) is 0 Å². The van der Waals surface area contributed by atoms with Crippen LogP contribution in [0.25, 0.3) is 0 Å². The van der Waals surface area contributed by atoms with Crippen molar-refractivity contribution in [2.45, 2.75) is 32.7 Å². The summed E-state index contributed by atoms with van der Waals surface area (Å²) in [6.07, 6.45) is 1.11. The van der Waals surface area contributed by atoms with Crippen molar-refractivity contribution in [2.75, 3.05) is 27.2 Å². The standard InChI is InChI=1S/C19H29N3O4/c1-14(2)12-22(13-17(23)26-4)19(25)21-16(18(24)20-3)11-10-15-8-6-5-7-9-15/h5-9,14,16H,10-13H2,1-4H3,(H,20,24)(H,21,25). The Morgan fingerprint density at radius 3 is 2.35 bits per heavy atom. The number of aryl methyl sites for hydroxylation is 1. The Kier molecular flexibility index (Phi) is 9.19. The SMILES string of the molecule is CNC(=O)C(CCc1ccccc1)NC(=O)N(CC(=O)OC)CC(C)C. The fourth-order valence-corrected chi connectivity index (χ4v) is 2.52. The second-order valence-corrected chi connectivity index (χ2v) is 6.49. The maximum absolute atomic E-state index is 12.6. The summed E-state index contributed by atoms with van der Waals surface area (Å²) in [5.41, 5.74) is 1.09. The zero-order valence-electron chi connectivity index (χ0n) is 16.0. The Morgan fingerprint density at radius 2 is 1.81 bits per heavy atom. The Hall–Kier alpha value is -2.57. The van der Waals surface area contributed by atoms with E-state index in [9.17, 15) is 14.4 Å². The third-order valence-electron chi connectivity index (χ3n) is 3.85. The van der Waals surface area contributed by atoms with Gasteiger partial charge in [-0.2, -0.15) is 0 Å². The number of benzene rings is 1. The maximum Gasteiger partial charge on any atom is 0.325 e. The van der Waals surface area contributed by atoms with E-state index in [0.717, 1.165) is 5.56 Å². The number of carbonyl (C=O) groups is 3. The smallest absolute Gasteiger partial charge is 0.325 e. The molecule has 0 bridgehead atoms. The number of esters is 1. The van der Waals surface area contributed by atoms with Crippen LogP contribution in [-0.4, -0.2) is 56.1 Å². The van der Waals surface area contributed by atoms with Gasteiger partial charge >= 0.3 is 12.0 Å². The molecule has 0 fully saturated rings. The van der Waals surface area contributed by atoms with E-state index in [0.29, 0.717) is 19.4 Å². The summed E-state index contributed by atoms with van der Waals surface area (Å²) in [6.45, 7) is 4.13. The van der Waals surface area contributed by atoms with Gasteiger partial charge in [0.2, 0.25) is 5.91 Å². The van der Waals surface area contributed by atoms with Crippen molar-refractivity contribution in [2.24, 2.45) is 5.92 Å². The fourth-order valence-electron chi connectivity index (χ4n) is 2.52. The third kappa shape index (κ3) is 7.55. The average molecular weight is 363 g/mol. The van der Waals surface area contributed by atoms with Crippen LogP contribution in [0, 0.1) is 5.92 Å². The normalized spacial score (nSPS) is 11.6. The van der Waals surface area contributed by atoms with Gasteiger partial charge in [-0.25, -0.2) is 4.79 Å². The first-order valence-electron chi connectivity index (χ1n) is 8.75. The highest BCUT2D eigenvalue weighted by Crippen LogP contribution is 2.07. The number of carbonyl (C=O) groups excluding carboxylic acids is 3. The van der Waals surface area contributed by atoms with Crippen LogP contribution in [0.2, 0.25) is 0 Å². The second kappa shape index (κ2) is 11.1. The van der Waals surface area contributed by atoms with Gasteiger partial charge in [0, 0.05) is 13.6 Å². The predicted octanol–water partition coefficient (Wildman–Crippen LogP) is 1.57. The zero-order chi connectivity index (χ0) is 19.5. The third-order valence-corrected chi connectivity index (χ3v) is 3.85. The average Bonchev–Trinajstić information content (AvgIpc) is 2.63. The molecule has 0 aliphatic carbocycles. The second-order valence-electron chi connectivity index (χ2n) is 6.49. The summed E-state index contributed by atoms with van der Waals surface area (Å²) in [6, 6.07) is 8.62. The van der Waals surface area contributed by atoms with E-state index in [1.807, 2.05) is 44.2 Å². The molecule has 1 aromatic carbocycles. The van der Waals surface area contributed by atoms with Crippen LogP contribution in [0.15, 0.2) is 30.3 Å². The van der Waals surface area contributed by atoms with Gasteiger partial charge in [-0.3, -0.25) is 9.59 Å².